The number of hydrogen-bond acceptors (Lipinski definition) is 3. The lowest BCUT2D eigenvalue weighted by Crippen LogP contribution is -2.39. The second-order valence-corrected chi connectivity index (χ2v) is 3.85. The Hall–Kier alpha value is -0.930. The molecule has 1 atom stereocenters. The summed E-state index contributed by atoms with van der Waals surface area (Å²) in [5.74, 6) is 0.780. The number of aliphatic hydroxyl groups is 1. The van der Waals surface area contributed by atoms with Crippen molar-refractivity contribution in [2.75, 3.05) is 25.1 Å². The molecule has 0 aromatic heterocycles. The highest BCUT2D eigenvalue weighted by Gasteiger charge is 2.22. The van der Waals surface area contributed by atoms with Crippen molar-refractivity contribution in [3.8, 4) is 5.75 Å². The van der Waals surface area contributed by atoms with Crippen LogP contribution >= 0.6 is 11.6 Å². The lowest BCUT2D eigenvalue weighted by atomic mass is 10.2. The van der Waals surface area contributed by atoms with Crippen molar-refractivity contribution in [3.05, 3.63) is 23.2 Å². The first-order valence-corrected chi connectivity index (χ1v) is 4.86. The number of benzene rings is 1. The van der Waals surface area contributed by atoms with Gasteiger partial charge >= 0.3 is 0 Å². The van der Waals surface area contributed by atoms with Crippen LogP contribution in [0.1, 0.15) is 0 Å². The van der Waals surface area contributed by atoms with Crippen LogP contribution in [0.3, 0.4) is 0 Å². The fourth-order valence-electron chi connectivity index (χ4n) is 1.60. The second kappa shape index (κ2) is 3.67. The summed E-state index contributed by atoms with van der Waals surface area (Å²) in [6.07, 6.45) is -0.145. The lowest BCUT2D eigenvalue weighted by molar-refractivity contribution is 0.113. The normalized spacial score (nSPS) is 20.2. The summed E-state index contributed by atoms with van der Waals surface area (Å²) >= 11 is 5.88. The Morgan fingerprint density at radius 3 is 3.14 bits per heavy atom. The summed E-state index contributed by atoms with van der Waals surface area (Å²) in [6.45, 7) is 0.719. The zero-order valence-electron chi connectivity index (χ0n) is 7.90. The van der Waals surface area contributed by atoms with Gasteiger partial charge in [0.15, 0.2) is 0 Å². The molecule has 0 saturated carbocycles. The van der Waals surface area contributed by atoms with Gasteiger partial charge in [-0.15, -0.1) is 0 Å². The van der Waals surface area contributed by atoms with Crippen molar-refractivity contribution >= 4 is 17.3 Å². The Bertz CT molecular complexity index is 343. The van der Waals surface area contributed by atoms with Crippen molar-refractivity contribution in [1.82, 2.24) is 0 Å². The summed E-state index contributed by atoms with van der Waals surface area (Å²) in [7, 11) is 1.96. The number of rotatable bonds is 1. The average molecular weight is 214 g/mol. The predicted octanol–water partition coefficient (Wildman–Crippen LogP) is 1.53. The molecule has 0 amide bonds. The average Bonchev–Trinajstić information content (AvgIpc) is 2.19. The van der Waals surface area contributed by atoms with Gasteiger partial charge in [-0.05, 0) is 18.2 Å². The smallest absolute Gasteiger partial charge is 0.143 e. The van der Waals surface area contributed by atoms with Gasteiger partial charge < -0.3 is 14.7 Å². The molecular formula is C10H12ClNO2. The molecule has 4 heteroatoms. The van der Waals surface area contributed by atoms with Gasteiger partial charge in [0.05, 0.1) is 18.8 Å². The van der Waals surface area contributed by atoms with E-state index < -0.39 is 0 Å². The van der Waals surface area contributed by atoms with E-state index in [-0.39, 0.29) is 12.7 Å². The van der Waals surface area contributed by atoms with Gasteiger partial charge in [0.1, 0.15) is 11.9 Å². The maximum Gasteiger partial charge on any atom is 0.143 e. The number of ether oxygens (including phenoxy) is 1. The van der Waals surface area contributed by atoms with Gasteiger partial charge in [0.2, 0.25) is 0 Å². The zero-order valence-corrected chi connectivity index (χ0v) is 8.66. The molecule has 2 rings (SSSR count). The van der Waals surface area contributed by atoms with Crippen LogP contribution in [0.2, 0.25) is 5.02 Å². The number of nitrogens with zero attached hydrogens (tertiary/aromatic N) is 1. The van der Waals surface area contributed by atoms with Crippen molar-refractivity contribution < 1.29 is 9.84 Å². The van der Waals surface area contributed by atoms with Crippen LogP contribution in [0, 0.1) is 0 Å². The molecule has 76 valence electrons. The van der Waals surface area contributed by atoms with Gasteiger partial charge in [-0.3, -0.25) is 0 Å². The van der Waals surface area contributed by atoms with Crippen molar-refractivity contribution in [2.24, 2.45) is 0 Å². The molecule has 0 fully saturated rings. The van der Waals surface area contributed by atoms with Gasteiger partial charge in [-0.1, -0.05) is 11.6 Å². The molecule has 1 aromatic rings. The number of fused-ring (bicyclic) bond motifs is 1. The fraction of sp³-hybridized carbons (Fsp3) is 0.400. The van der Waals surface area contributed by atoms with Gasteiger partial charge in [0, 0.05) is 12.1 Å². The number of hydrogen-bond donors (Lipinski definition) is 1. The van der Waals surface area contributed by atoms with E-state index in [1.165, 1.54) is 0 Å². The minimum atomic E-state index is -0.145. The third kappa shape index (κ3) is 1.65. The molecule has 1 N–H and O–H groups in total. The van der Waals surface area contributed by atoms with E-state index in [1.807, 2.05) is 24.1 Å². The predicted molar refractivity (Wildman–Crippen MR) is 56.2 cm³/mol. The van der Waals surface area contributed by atoms with E-state index in [0.29, 0.717) is 11.6 Å². The standard InChI is InChI=1S/C10H12ClNO2/c1-12-5-8(6-13)14-10-3-2-7(11)4-9(10)12/h2-4,8,13H,5-6H2,1H3. The summed E-state index contributed by atoms with van der Waals surface area (Å²) in [5.41, 5.74) is 0.974. The molecule has 14 heavy (non-hydrogen) atoms. The van der Waals surface area contributed by atoms with E-state index in [9.17, 15) is 0 Å². The first kappa shape index (κ1) is 9.62. The molecule has 0 saturated heterocycles. The third-order valence-electron chi connectivity index (χ3n) is 2.31. The van der Waals surface area contributed by atoms with Crippen LogP contribution in [0.25, 0.3) is 0 Å². The van der Waals surface area contributed by atoms with E-state index >= 15 is 0 Å². The largest absolute Gasteiger partial charge is 0.484 e. The van der Waals surface area contributed by atoms with Gasteiger partial charge in [-0.2, -0.15) is 0 Å². The van der Waals surface area contributed by atoms with E-state index in [1.54, 1.807) is 6.07 Å². The molecule has 0 spiro atoms. The zero-order chi connectivity index (χ0) is 10.1. The highest BCUT2D eigenvalue weighted by Crippen LogP contribution is 2.34. The first-order valence-electron chi connectivity index (χ1n) is 4.49. The Morgan fingerprint density at radius 1 is 1.64 bits per heavy atom. The first-order chi connectivity index (χ1) is 6.70. The highest BCUT2D eigenvalue weighted by molar-refractivity contribution is 6.30. The van der Waals surface area contributed by atoms with Gasteiger partial charge in [0.25, 0.3) is 0 Å². The lowest BCUT2D eigenvalue weighted by Gasteiger charge is -2.32. The van der Waals surface area contributed by atoms with E-state index in [4.69, 9.17) is 21.4 Å². The summed E-state index contributed by atoms with van der Waals surface area (Å²) in [4.78, 5) is 2.03. The molecule has 0 bridgehead atoms. The maximum atomic E-state index is 9.01. The quantitative estimate of drug-likeness (QED) is 0.768. The fourth-order valence-corrected chi connectivity index (χ4v) is 1.77. The number of aliphatic hydroxyl groups excluding tert-OH is 1. The molecule has 3 nitrogen and oxygen atoms in total. The molecule has 1 heterocycles. The summed E-state index contributed by atoms with van der Waals surface area (Å²) < 4.78 is 5.56. The molecule has 1 aromatic carbocycles. The number of halogens is 1. The summed E-state index contributed by atoms with van der Waals surface area (Å²) in [5, 5.41) is 9.71. The Balaban J connectivity index is 2.35. The van der Waals surface area contributed by atoms with Gasteiger partial charge in [-0.25, -0.2) is 0 Å². The van der Waals surface area contributed by atoms with Crippen LogP contribution in [-0.2, 0) is 0 Å². The van der Waals surface area contributed by atoms with E-state index in [2.05, 4.69) is 0 Å². The Labute approximate surface area is 87.9 Å². The Morgan fingerprint density at radius 2 is 2.43 bits per heavy atom. The van der Waals surface area contributed by atoms with Crippen LogP contribution in [0.15, 0.2) is 18.2 Å². The monoisotopic (exact) mass is 213 g/mol. The molecule has 0 radical (unpaired) electrons. The molecule has 1 aliphatic heterocycles. The van der Waals surface area contributed by atoms with E-state index in [0.717, 1.165) is 11.4 Å². The van der Waals surface area contributed by atoms with Crippen molar-refractivity contribution in [2.45, 2.75) is 6.10 Å². The van der Waals surface area contributed by atoms with Crippen molar-refractivity contribution in [3.63, 3.8) is 0 Å². The highest BCUT2D eigenvalue weighted by atomic mass is 35.5. The summed E-state index contributed by atoms with van der Waals surface area (Å²) in [6, 6.07) is 5.48. The van der Waals surface area contributed by atoms with Crippen molar-refractivity contribution in [1.29, 1.82) is 0 Å². The molecule has 1 unspecified atom stereocenters. The van der Waals surface area contributed by atoms with Crippen LogP contribution < -0.4 is 9.64 Å². The molecule has 0 aliphatic carbocycles. The second-order valence-electron chi connectivity index (χ2n) is 3.42. The van der Waals surface area contributed by atoms with Crippen LogP contribution in [0.5, 0.6) is 5.75 Å². The van der Waals surface area contributed by atoms with Crippen LogP contribution in [0.4, 0.5) is 5.69 Å². The molecule has 1 aliphatic rings. The van der Waals surface area contributed by atoms with Crippen LogP contribution in [-0.4, -0.2) is 31.4 Å². The third-order valence-corrected chi connectivity index (χ3v) is 2.54. The Kier molecular flexibility index (Phi) is 2.52. The topological polar surface area (TPSA) is 32.7 Å². The maximum absolute atomic E-state index is 9.01. The SMILES string of the molecule is CN1CC(CO)Oc2ccc(Cl)cc21. The number of anilines is 1. The minimum absolute atomic E-state index is 0.0341. The minimum Gasteiger partial charge on any atom is -0.484 e. The number of likely N-dealkylation sites (N-methyl/N-ethyl adjacent to an activating group) is 1. The molecular weight excluding hydrogens is 202 g/mol.